The topological polar surface area (TPSA) is 44.4 Å². The van der Waals surface area contributed by atoms with E-state index in [2.05, 4.69) is 29.4 Å². The van der Waals surface area contributed by atoms with Crippen molar-refractivity contribution in [2.24, 2.45) is 0 Å². The molecule has 1 aromatic carbocycles. The van der Waals surface area contributed by atoms with Crippen LogP contribution in [0.4, 0.5) is 10.5 Å². The lowest BCUT2D eigenvalue weighted by Crippen LogP contribution is -2.37. The fraction of sp³-hybridized carbons (Fsp3) is 0.533. The maximum atomic E-state index is 11.8. The molecule has 0 saturated carbocycles. The Morgan fingerprint density at radius 2 is 1.74 bits per heavy atom. The van der Waals surface area contributed by atoms with E-state index in [0.717, 1.165) is 36.4 Å². The van der Waals surface area contributed by atoms with E-state index >= 15 is 0 Å². The van der Waals surface area contributed by atoms with Gasteiger partial charge in [-0.2, -0.15) is 0 Å². The van der Waals surface area contributed by atoms with Gasteiger partial charge >= 0.3 is 6.03 Å². The molecule has 0 saturated heterocycles. The Labute approximate surface area is 116 Å². The zero-order valence-corrected chi connectivity index (χ0v) is 12.4. The molecule has 0 aliphatic rings. The van der Waals surface area contributed by atoms with Gasteiger partial charge in [0.05, 0.1) is 0 Å². The first kappa shape index (κ1) is 15.5. The lowest BCUT2D eigenvalue weighted by Gasteiger charge is -2.18. The van der Waals surface area contributed by atoms with Gasteiger partial charge in [0.1, 0.15) is 0 Å². The third-order valence-corrected chi connectivity index (χ3v) is 3.33. The summed E-state index contributed by atoms with van der Waals surface area (Å²) < 4.78 is 0. The number of para-hydroxylation sites is 1. The number of carbonyl (C=O) groups excluding carboxylic acids is 1. The molecule has 0 atom stereocenters. The molecule has 1 aromatic rings. The maximum absolute atomic E-state index is 11.8. The summed E-state index contributed by atoms with van der Waals surface area (Å²) in [5.74, 6) is 0. The van der Waals surface area contributed by atoms with Crippen molar-refractivity contribution in [2.45, 2.75) is 27.7 Å². The summed E-state index contributed by atoms with van der Waals surface area (Å²) in [7, 11) is 0. The molecule has 0 unspecified atom stereocenters. The molecule has 0 aliphatic heterocycles. The number of hydrogen-bond donors (Lipinski definition) is 2. The van der Waals surface area contributed by atoms with E-state index in [1.54, 1.807) is 0 Å². The van der Waals surface area contributed by atoms with Crippen molar-refractivity contribution in [1.29, 1.82) is 0 Å². The average Bonchev–Trinajstić information content (AvgIpc) is 2.39. The van der Waals surface area contributed by atoms with Crippen molar-refractivity contribution < 1.29 is 4.79 Å². The minimum atomic E-state index is -0.135. The quantitative estimate of drug-likeness (QED) is 0.829. The first-order chi connectivity index (χ1) is 9.08. The summed E-state index contributed by atoms with van der Waals surface area (Å²) >= 11 is 0. The molecule has 0 bridgehead atoms. The highest BCUT2D eigenvalue weighted by Gasteiger charge is 2.06. The molecule has 0 aromatic heterocycles. The van der Waals surface area contributed by atoms with Crippen LogP contribution >= 0.6 is 0 Å². The van der Waals surface area contributed by atoms with Gasteiger partial charge in [-0.15, -0.1) is 0 Å². The molecular weight excluding hydrogens is 238 g/mol. The van der Waals surface area contributed by atoms with Crippen LogP contribution in [0.15, 0.2) is 18.2 Å². The Morgan fingerprint density at radius 1 is 1.16 bits per heavy atom. The van der Waals surface area contributed by atoms with Crippen molar-refractivity contribution in [3.8, 4) is 0 Å². The normalized spacial score (nSPS) is 10.6. The van der Waals surface area contributed by atoms with Crippen molar-refractivity contribution in [3.05, 3.63) is 29.3 Å². The molecule has 0 fully saturated rings. The highest BCUT2D eigenvalue weighted by atomic mass is 16.2. The van der Waals surface area contributed by atoms with Crippen molar-refractivity contribution in [2.75, 3.05) is 31.5 Å². The first-order valence-corrected chi connectivity index (χ1v) is 6.91. The molecule has 4 heteroatoms. The number of nitrogens with zero attached hydrogens (tertiary/aromatic N) is 1. The van der Waals surface area contributed by atoms with Crippen LogP contribution in [0.1, 0.15) is 25.0 Å². The number of rotatable bonds is 6. The van der Waals surface area contributed by atoms with Gasteiger partial charge in [0.25, 0.3) is 0 Å². The predicted molar refractivity (Wildman–Crippen MR) is 80.7 cm³/mol. The van der Waals surface area contributed by atoms with Gasteiger partial charge in [-0.05, 0) is 38.1 Å². The van der Waals surface area contributed by atoms with Crippen LogP contribution in [0, 0.1) is 13.8 Å². The number of nitrogens with one attached hydrogen (secondary N) is 2. The maximum Gasteiger partial charge on any atom is 0.319 e. The molecular formula is C15H25N3O. The number of likely N-dealkylation sites (N-methyl/N-ethyl adjacent to an activating group) is 1. The minimum Gasteiger partial charge on any atom is -0.337 e. The SMILES string of the molecule is CCN(CC)CCNC(=O)Nc1c(C)cccc1C. The number of urea groups is 1. The van der Waals surface area contributed by atoms with Gasteiger partial charge in [-0.1, -0.05) is 32.0 Å². The smallest absolute Gasteiger partial charge is 0.319 e. The van der Waals surface area contributed by atoms with Crippen LogP contribution in [0.25, 0.3) is 0 Å². The standard InChI is InChI=1S/C15H25N3O/c1-5-18(6-2)11-10-16-15(19)17-14-12(3)8-7-9-13(14)4/h7-9H,5-6,10-11H2,1-4H3,(H2,16,17,19). The van der Waals surface area contributed by atoms with Gasteiger partial charge < -0.3 is 15.5 Å². The van der Waals surface area contributed by atoms with Crippen molar-refractivity contribution in [3.63, 3.8) is 0 Å². The molecule has 0 heterocycles. The second-order valence-electron chi connectivity index (χ2n) is 4.67. The highest BCUT2D eigenvalue weighted by molar-refractivity contribution is 5.90. The van der Waals surface area contributed by atoms with Crippen molar-refractivity contribution in [1.82, 2.24) is 10.2 Å². The third kappa shape index (κ3) is 4.91. The summed E-state index contributed by atoms with van der Waals surface area (Å²) in [6.45, 7) is 11.8. The Hall–Kier alpha value is -1.55. The molecule has 1 rings (SSSR count). The Balaban J connectivity index is 2.43. The average molecular weight is 263 g/mol. The van der Waals surface area contributed by atoms with Crippen LogP contribution in [-0.4, -0.2) is 37.1 Å². The molecule has 0 spiro atoms. The van der Waals surface area contributed by atoms with E-state index in [9.17, 15) is 4.79 Å². The zero-order valence-electron chi connectivity index (χ0n) is 12.4. The highest BCUT2D eigenvalue weighted by Crippen LogP contribution is 2.18. The van der Waals surface area contributed by atoms with Crippen LogP contribution in [-0.2, 0) is 0 Å². The van der Waals surface area contributed by atoms with E-state index in [1.807, 2.05) is 32.0 Å². The fourth-order valence-corrected chi connectivity index (χ4v) is 2.04. The fourth-order valence-electron chi connectivity index (χ4n) is 2.04. The minimum absolute atomic E-state index is 0.135. The first-order valence-electron chi connectivity index (χ1n) is 6.91. The molecule has 2 N–H and O–H groups in total. The van der Waals surface area contributed by atoms with Gasteiger partial charge in [0, 0.05) is 18.8 Å². The van der Waals surface area contributed by atoms with Gasteiger partial charge in [0.2, 0.25) is 0 Å². The third-order valence-electron chi connectivity index (χ3n) is 3.33. The summed E-state index contributed by atoms with van der Waals surface area (Å²) in [6.07, 6.45) is 0. The zero-order chi connectivity index (χ0) is 14.3. The number of anilines is 1. The molecule has 19 heavy (non-hydrogen) atoms. The number of benzene rings is 1. The van der Waals surface area contributed by atoms with Crippen LogP contribution in [0.2, 0.25) is 0 Å². The molecule has 0 aliphatic carbocycles. The van der Waals surface area contributed by atoms with E-state index in [4.69, 9.17) is 0 Å². The number of carbonyl (C=O) groups is 1. The molecule has 106 valence electrons. The lowest BCUT2D eigenvalue weighted by molar-refractivity contribution is 0.247. The predicted octanol–water partition coefficient (Wildman–Crippen LogP) is 2.77. The second kappa shape index (κ2) is 7.79. The van der Waals surface area contributed by atoms with Crippen LogP contribution < -0.4 is 10.6 Å². The number of amides is 2. The van der Waals surface area contributed by atoms with Gasteiger partial charge in [-0.3, -0.25) is 0 Å². The molecule has 2 amide bonds. The van der Waals surface area contributed by atoms with E-state index in [1.165, 1.54) is 0 Å². The van der Waals surface area contributed by atoms with E-state index < -0.39 is 0 Å². The lowest BCUT2D eigenvalue weighted by atomic mass is 10.1. The monoisotopic (exact) mass is 263 g/mol. The van der Waals surface area contributed by atoms with Crippen LogP contribution in [0.3, 0.4) is 0 Å². The van der Waals surface area contributed by atoms with Gasteiger partial charge in [-0.25, -0.2) is 4.79 Å². The summed E-state index contributed by atoms with van der Waals surface area (Å²) in [4.78, 5) is 14.1. The Bertz CT molecular complexity index is 394. The second-order valence-corrected chi connectivity index (χ2v) is 4.67. The molecule has 4 nitrogen and oxygen atoms in total. The Kier molecular flexibility index (Phi) is 6.36. The summed E-state index contributed by atoms with van der Waals surface area (Å²) in [5, 5.41) is 5.81. The Morgan fingerprint density at radius 3 is 2.26 bits per heavy atom. The van der Waals surface area contributed by atoms with Gasteiger partial charge in [0.15, 0.2) is 0 Å². The van der Waals surface area contributed by atoms with Crippen LogP contribution in [0.5, 0.6) is 0 Å². The summed E-state index contributed by atoms with van der Waals surface area (Å²) in [6, 6.07) is 5.86. The summed E-state index contributed by atoms with van der Waals surface area (Å²) in [5.41, 5.74) is 3.07. The van der Waals surface area contributed by atoms with Crippen molar-refractivity contribution >= 4 is 11.7 Å². The number of aryl methyl sites for hydroxylation is 2. The van der Waals surface area contributed by atoms with E-state index in [-0.39, 0.29) is 6.03 Å². The molecule has 0 radical (unpaired) electrons. The van der Waals surface area contributed by atoms with E-state index in [0.29, 0.717) is 6.54 Å². The number of hydrogen-bond acceptors (Lipinski definition) is 2. The largest absolute Gasteiger partial charge is 0.337 e.